The monoisotopic (exact) mass is 595 g/mol. The molecule has 1 aliphatic carbocycles. The summed E-state index contributed by atoms with van der Waals surface area (Å²) in [6.07, 6.45) is -10.3. The highest BCUT2D eigenvalue weighted by molar-refractivity contribution is 6.30. The molecule has 214 valence electrons. The fourth-order valence-corrected chi connectivity index (χ4v) is 4.25. The van der Waals surface area contributed by atoms with Gasteiger partial charge in [-0.1, -0.05) is 29.8 Å². The molecule has 0 unspecified atom stereocenters. The minimum absolute atomic E-state index is 0.0276. The Labute approximate surface area is 225 Å². The normalized spacial score (nSPS) is 17.4. The van der Waals surface area contributed by atoms with Crippen molar-refractivity contribution in [3.63, 3.8) is 0 Å². The van der Waals surface area contributed by atoms with Crippen LogP contribution in [-0.4, -0.2) is 22.0 Å². The van der Waals surface area contributed by atoms with Crippen LogP contribution in [0.1, 0.15) is 35.2 Å². The van der Waals surface area contributed by atoms with Crippen LogP contribution in [0.25, 0.3) is 11.4 Å². The van der Waals surface area contributed by atoms with Crippen molar-refractivity contribution in [1.29, 1.82) is 0 Å². The van der Waals surface area contributed by atoms with Crippen LogP contribution < -0.4 is 10.9 Å². The number of carbonyl (C=O) groups excluding carboxylic acids is 1. The van der Waals surface area contributed by atoms with Crippen molar-refractivity contribution in [3.8, 4) is 11.4 Å². The number of hydrogen-bond donors (Lipinski definition) is 2. The molecule has 4 rings (SSSR count). The maximum atomic E-state index is 15.3. The molecule has 0 radical (unpaired) electrons. The van der Waals surface area contributed by atoms with E-state index in [0.717, 1.165) is 6.07 Å². The van der Waals surface area contributed by atoms with E-state index in [2.05, 4.69) is 10.3 Å². The number of benzene rings is 2. The molecule has 3 aromatic rings. The van der Waals surface area contributed by atoms with Crippen LogP contribution in [0.5, 0.6) is 0 Å². The zero-order valence-electron chi connectivity index (χ0n) is 20.0. The Morgan fingerprint density at radius 2 is 1.73 bits per heavy atom. The van der Waals surface area contributed by atoms with Gasteiger partial charge in [0, 0.05) is 29.7 Å². The lowest BCUT2D eigenvalue weighted by atomic mass is 9.81. The van der Waals surface area contributed by atoms with Gasteiger partial charge in [-0.3, -0.25) is 9.59 Å². The van der Waals surface area contributed by atoms with E-state index in [-0.39, 0.29) is 42.2 Å². The Bertz CT molecular complexity index is 1480. The highest BCUT2D eigenvalue weighted by Crippen LogP contribution is 2.39. The fourth-order valence-electron chi connectivity index (χ4n) is 4.05. The Hall–Kier alpha value is -3.52. The van der Waals surface area contributed by atoms with Crippen molar-refractivity contribution in [2.75, 3.05) is 0 Å². The van der Waals surface area contributed by atoms with Crippen LogP contribution in [-0.2, 0) is 35.0 Å². The Morgan fingerprint density at radius 3 is 2.38 bits per heavy atom. The molecule has 0 bridgehead atoms. The largest absolute Gasteiger partial charge is 0.433 e. The Kier molecular flexibility index (Phi) is 8.22. The van der Waals surface area contributed by atoms with Gasteiger partial charge in [-0.05, 0) is 25.0 Å². The van der Waals surface area contributed by atoms with E-state index in [9.17, 15) is 40.3 Å². The van der Waals surface area contributed by atoms with Crippen molar-refractivity contribution in [2.45, 2.75) is 44.4 Å². The third-order valence-corrected chi connectivity index (χ3v) is 6.51. The summed E-state index contributed by atoms with van der Waals surface area (Å²) in [7, 11) is 0. The van der Waals surface area contributed by atoms with Crippen molar-refractivity contribution in [2.24, 2.45) is 5.92 Å². The number of H-pyrrole nitrogens is 1. The standard InChI is InChI=1S/C25H18ClF8N3O3/c26-16-3-1-2-12(20(16)27)10-40-14-6-13(7-14)23(39)35-9-11-4-5-15(24(29,30)31)19(21(11)28)22-36-17(25(32,33)34)8-18(38)37-22/h1-5,8,13-14H,6-7,9-10H2,(H,35,39)(H,36,37,38). The molecule has 2 aromatic carbocycles. The zero-order valence-corrected chi connectivity index (χ0v) is 20.8. The molecule has 40 heavy (non-hydrogen) atoms. The molecule has 0 saturated heterocycles. The molecule has 0 atom stereocenters. The number of carbonyl (C=O) groups is 1. The molecule has 0 spiro atoms. The molecule has 1 fully saturated rings. The van der Waals surface area contributed by atoms with Crippen LogP contribution in [0.15, 0.2) is 41.2 Å². The molecule has 1 amide bonds. The minimum atomic E-state index is -5.21. The summed E-state index contributed by atoms with van der Waals surface area (Å²) >= 11 is 5.72. The molecule has 6 nitrogen and oxygen atoms in total. The first-order valence-corrected chi connectivity index (χ1v) is 11.9. The summed E-state index contributed by atoms with van der Waals surface area (Å²) in [5.74, 6) is -4.66. The molecule has 15 heteroatoms. The highest BCUT2D eigenvalue weighted by Gasteiger charge is 2.39. The number of aromatic nitrogens is 2. The minimum Gasteiger partial charge on any atom is -0.373 e. The lowest BCUT2D eigenvalue weighted by Crippen LogP contribution is -2.42. The van der Waals surface area contributed by atoms with Gasteiger partial charge in [0.2, 0.25) is 5.91 Å². The van der Waals surface area contributed by atoms with Crippen LogP contribution in [0.3, 0.4) is 0 Å². The number of alkyl halides is 6. The molecule has 1 aromatic heterocycles. The average molecular weight is 596 g/mol. The van der Waals surface area contributed by atoms with Gasteiger partial charge < -0.3 is 15.0 Å². The van der Waals surface area contributed by atoms with Crippen molar-refractivity contribution >= 4 is 17.5 Å². The van der Waals surface area contributed by atoms with Gasteiger partial charge in [-0.2, -0.15) is 26.3 Å². The predicted molar refractivity (Wildman–Crippen MR) is 125 cm³/mol. The number of ether oxygens (including phenoxy) is 1. The fraction of sp³-hybridized carbons (Fsp3) is 0.320. The maximum Gasteiger partial charge on any atom is 0.433 e. The van der Waals surface area contributed by atoms with Gasteiger partial charge in [-0.15, -0.1) is 0 Å². The van der Waals surface area contributed by atoms with E-state index in [4.69, 9.17) is 16.3 Å². The van der Waals surface area contributed by atoms with E-state index in [0.29, 0.717) is 6.07 Å². The molecule has 0 aliphatic heterocycles. The number of nitrogens with zero attached hydrogens (tertiary/aromatic N) is 1. The Balaban J connectivity index is 1.46. The second-order valence-corrected chi connectivity index (χ2v) is 9.38. The number of rotatable bonds is 7. The summed E-state index contributed by atoms with van der Waals surface area (Å²) < 4.78 is 115. The van der Waals surface area contributed by atoms with E-state index in [1.165, 1.54) is 12.1 Å². The third-order valence-electron chi connectivity index (χ3n) is 6.22. The van der Waals surface area contributed by atoms with Gasteiger partial charge in [0.05, 0.1) is 28.9 Å². The van der Waals surface area contributed by atoms with Crippen LogP contribution in [0.4, 0.5) is 35.1 Å². The SMILES string of the molecule is O=C(NCc1ccc(C(F)(F)F)c(-c2nc(C(F)(F)F)cc(=O)[nH]2)c1F)C1CC(OCc2cccc(Cl)c2F)C1. The maximum absolute atomic E-state index is 15.3. The number of nitrogens with one attached hydrogen (secondary N) is 2. The smallest absolute Gasteiger partial charge is 0.373 e. The predicted octanol–water partition coefficient (Wildman–Crippen LogP) is 6.02. The highest BCUT2D eigenvalue weighted by atomic mass is 35.5. The number of aromatic amines is 1. The van der Waals surface area contributed by atoms with Gasteiger partial charge in [-0.25, -0.2) is 13.8 Å². The summed E-state index contributed by atoms with van der Waals surface area (Å²) in [6, 6.07) is 5.58. The van der Waals surface area contributed by atoms with Gasteiger partial charge in [0.25, 0.3) is 5.56 Å². The second kappa shape index (κ2) is 11.2. The quantitative estimate of drug-likeness (QED) is 0.328. The van der Waals surface area contributed by atoms with E-state index < -0.39 is 76.1 Å². The van der Waals surface area contributed by atoms with Crippen LogP contribution in [0, 0.1) is 17.6 Å². The topological polar surface area (TPSA) is 84.1 Å². The molecular weight excluding hydrogens is 578 g/mol. The zero-order chi connectivity index (χ0) is 29.4. The second-order valence-electron chi connectivity index (χ2n) is 8.97. The van der Waals surface area contributed by atoms with E-state index in [1.54, 1.807) is 11.1 Å². The summed E-state index contributed by atoms with van der Waals surface area (Å²) in [5, 5.41) is 2.30. The van der Waals surface area contributed by atoms with Crippen molar-refractivity contribution < 1.29 is 44.7 Å². The number of amides is 1. The Morgan fingerprint density at radius 1 is 1.02 bits per heavy atom. The van der Waals surface area contributed by atoms with Crippen LogP contribution >= 0.6 is 11.6 Å². The summed E-state index contributed by atoms with van der Waals surface area (Å²) in [5.41, 5.74) is -6.57. The van der Waals surface area contributed by atoms with Crippen molar-refractivity contribution in [3.05, 3.63) is 85.8 Å². The molecule has 1 aliphatic rings. The molecule has 1 saturated carbocycles. The van der Waals surface area contributed by atoms with E-state index in [1.807, 2.05) is 0 Å². The number of hydrogen-bond acceptors (Lipinski definition) is 4. The first-order chi connectivity index (χ1) is 18.6. The lowest BCUT2D eigenvalue weighted by Gasteiger charge is -2.34. The van der Waals surface area contributed by atoms with Gasteiger partial charge in [0.15, 0.2) is 5.69 Å². The first kappa shape index (κ1) is 29.5. The average Bonchev–Trinajstić information content (AvgIpc) is 2.83. The van der Waals surface area contributed by atoms with Gasteiger partial charge >= 0.3 is 12.4 Å². The summed E-state index contributed by atoms with van der Waals surface area (Å²) in [4.78, 5) is 28.9. The molecule has 2 N–H and O–H groups in total. The van der Waals surface area contributed by atoms with Gasteiger partial charge in [0.1, 0.15) is 17.5 Å². The lowest BCUT2D eigenvalue weighted by molar-refractivity contribution is -0.141. The summed E-state index contributed by atoms with van der Waals surface area (Å²) in [6.45, 7) is -0.689. The number of halogens is 9. The molecule has 1 heterocycles. The van der Waals surface area contributed by atoms with Crippen LogP contribution in [0.2, 0.25) is 5.02 Å². The van der Waals surface area contributed by atoms with Crippen molar-refractivity contribution in [1.82, 2.24) is 15.3 Å². The third kappa shape index (κ3) is 6.44. The molecular formula is C25H18ClF8N3O3. The first-order valence-electron chi connectivity index (χ1n) is 11.5. The van der Waals surface area contributed by atoms with E-state index >= 15 is 4.39 Å².